The van der Waals surface area contributed by atoms with Crippen LogP contribution in [-0.2, 0) is 17.6 Å². The SMILES string of the molecule is N#C/C(=C/c1ccc(N2CCCCC2)cc1)C(=O)Nc1sc2c(c1C#N)CCCC2. The summed E-state index contributed by atoms with van der Waals surface area (Å²) in [7, 11) is 0. The molecule has 1 fully saturated rings. The lowest BCUT2D eigenvalue weighted by molar-refractivity contribution is -0.112. The molecule has 0 bridgehead atoms. The molecular weight excluding hydrogens is 392 g/mol. The zero-order valence-corrected chi connectivity index (χ0v) is 17.7. The average Bonchev–Trinajstić information content (AvgIpc) is 3.15. The van der Waals surface area contributed by atoms with E-state index in [9.17, 15) is 15.3 Å². The topological polar surface area (TPSA) is 79.9 Å². The Morgan fingerprint density at radius 2 is 1.77 bits per heavy atom. The molecule has 1 aliphatic carbocycles. The van der Waals surface area contributed by atoms with Crippen molar-refractivity contribution in [2.75, 3.05) is 23.3 Å². The van der Waals surface area contributed by atoms with Crippen LogP contribution in [0.1, 0.15) is 53.7 Å². The third kappa shape index (κ3) is 4.25. The van der Waals surface area contributed by atoms with E-state index in [1.165, 1.54) is 41.2 Å². The minimum atomic E-state index is -0.465. The molecular formula is C24H24N4OS. The molecule has 4 rings (SSSR count). The molecule has 2 aliphatic rings. The molecule has 0 unspecified atom stereocenters. The third-order valence-corrected chi connectivity index (χ3v) is 7.01. The Morgan fingerprint density at radius 3 is 2.47 bits per heavy atom. The molecule has 0 spiro atoms. The van der Waals surface area contributed by atoms with Crippen LogP contribution in [0.3, 0.4) is 0 Å². The maximum absolute atomic E-state index is 12.7. The van der Waals surface area contributed by atoms with Gasteiger partial charge in [-0.05, 0) is 74.3 Å². The minimum absolute atomic E-state index is 0.0379. The van der Waals surface area contributed by atoms with E-state index in [0.29, 0.717) is 10.6 Å². The lowest BCUT2D eigenvalue weighted by atomic mass is 9.96. The molecule has 30 heavy (non-hydrogen) atoms. The van der Waals surface area contributed by atoms with E-state index in [4.69, 9.17) is 0 Å². The number of thiophene rings is 1. The number of nitrogens with one attached hydrogen (secondary N) is 1. The largest absolute Gasteiger partial charge is 0.372 e. The van der Waals surface area contributed by atoms with Crippen molar-refractivity contribution in [3.05, 3.63) is 51.4 Å². The molecule has 1 amide bonds. The fraction of sp³-hybridized carbons (Fsp3) is 0.375. The predicted molar refractivity (Wildman–Crippen MR) is 120 cm³/mol. The fourth-order valence-electron chi connectivity index (χ4n) is 4.19. The number of carbonyl (C=O) groups excluding carboxylic acids is 1. The summed E-state index contributed by atoms with van der Waals surface area (Å²) in [5.74, 6) is -0.465. The van der Waals surface area contributed by atoms with Gasteiger partial charge < -0.3 is 10.2 Å². The molecule has 2 heterocycles. The Kier molecular flexibility index (Phi) is 6.16. The van der Waals surface area contributed by atoms with Crippen molar-refractivity contribution < 1.29 is 4.79 Å². The summed E-state index contributed by atoms with van der Waals surface area (Å²) in [6.07, 6.45) is 9.36. The van der Waals surface area contributed by atoms with Gasteiger partial charge in [-0.25, -0.2) is 0 Å². The lowest BCUT2D eigenvalue weighted by Gasteiger charge is -2.28. The van der Waals surface area contributed by atoms with Crippen LogP contribution < -0.4 is 10.2 Å². The van der Waals surface area contributed by atoms with Crippen molar-refractivity contribution in [3.8, 4) is 12.1 Å². The molecule has 1 aliphatic heterocycles. The molecule has 1 aromatic carbocycles. The second-order valence-corrected chi connectivity index (χ2v) is 8.90. The summed E-state index contributed by atoms with van der Waals surface area (Å²) in [5.41, 5.74) is 3.66. The number of nitrogens with zero attached hydrogens (tertiary/aromatic N) is 3. The summed E-state index contributed by atoms with van der Waals surface area (Å²) in [4.78, 5) is 16.3. The lowest BCUT2D eigenvalue weighted by Crippen LogP contribution is -2.29. The summed E-state index contributed by atoms with van der Waals surface area (Å²) in [5, 5.41) is 22.5. The number of fused-ring (bicyclic) bond motifs is 1. The Balaban J connectivity index is 1.50. The van der Waals surface area contributed by atoms with Crippen LogP contribution in [0.5, 0.6) is 0 Å². The highest BCUT2D eigenvalue weighted by Crippen LogP contribution is 2.37. The number of piperidine rings is 1. The molecule has 0 radical (unpaired) electrons. The number of amides is 1. The number of nitriles is 2. The Hall–Kier alpha value is -3.09. The van der Waals surface area contributed by atoms with Crippen molar-refractivity contribution in [1.82, 2.24) is 0 Å². The normalized spacial score (nSPS) is 16.3. The van der Waals surface area contributed by atoms with Crippen molar-refractivity contribution in [3.63, 3.8) is 0 Å². The van der Waals surface area contributed by atoms with Gasteiger partial charge in [-0.2, -0.15) is 10.5 Å². The highest BCUT2D eigenvalue weighted by atomic mass is 32.1. The van der Waals surface area contributed by atoms with E-state index < -0.39 is 5.91 Å². The fourth-order valence-corrected chi connectivity index (χ4v) is 5.43. The number of aryl methyl sites for hydroxylation is 1. The van der Waals surface area contributed by atoms with Gasteiger partial charge in [0.1, 0.15) is 22.7 Å². The first-order valence-electron chi connectivity index (χ1n) is 10.5. The number of hydrogen-bond acceptors (Lipinski definition) is 5. The van der Waals surface area contributed by atoms with Gasteiger partial charge >= 0.3 is 0 Å². The molecule has 0 atom stereocenters. The van der Waals surface area contributed by atoms with E-state index in [0.717, 1.165) is 49.9 Å². The molecule has 1 N–H and O–H groups in total. The van der Waals surface area contributed by atoms with Crippen molar-refractivity contribution >= 4 is 34.0 Å². The van der Waals surface area contributed by atoms with E-state index >= 15 is 0 Å². The Morgan fingerprint density at radius 1 is 1.03 bits per heavy atom. The van der Waals surface area contributed by atoms with Crippen molar-refractivity contribution in [2.45, 2.75) is 44.9 Å². The number of anilines is 2. The minimum Gasteiger partial charge on any atom is -0.372 e. The predicted octanol–water partition coefficient (Wildman–Crippen LogP) is 5.03. The van der Waals surface area contributed by atoms with Crippen LogP contribution in [0.25, 0.3) is 6.08 Å². The molecule has 1 aromatic heterocycles. The third-order valence-electron chi connectivity index (χ3n) is 5.80. The van der Waals surface area contributed by atoms with Gasteiger partial charge in [-0.1, -0.05) is 12.1 Å². The molecule has 1 saturated heterocycles. The quantitative estimate of drug-likeness (QED) is 0.560. The molecule has 6 heteroatoms. The van der Waals surface area contributed by atoms with Gasteiger partial charge in [0.2, 0.25) is 0 Å². The van der Waals surface area contributed by atoms with Crippen LogP contribution in [0.15, 0.2) is 29.8 Å². The van der Waals surface area contributed by atoms with Crippen molar-refractivity contribution in [1.29, 1.82) is 10.5 Å². The molecule has 5 nitrogen and oxygen atoms in total. The van der Waals surface area contributed by atoms with Crippen LogP contribution >= 0.6 is 11.3 Å². The van der Waals surface area contributed by atoms with E-state index in [1.807, 2.05) is 30.3 Å². The number of benzene rings is 1. The van der Waals surface area contributed by atoms with Gasteiger partial charge in [0.25, 0.3) is 5.91 Å². The second-order valence-electron chi connectivity index (χ2n) is 7.79. The number of hydrogen-bond donors (Lipinski definition) is 1. The van der Waals surface area contributed by atoms with Crippen molar-refractivity contribution in [2.24, 2.45) is 0 Å². The first-order valence-corrected chi connectivity index (χ1v) is 11.3. The summed E-state index contributed by atoms with van der Waals surface area (Å²) >= 11 is 1.47. The first-order chi connectivity index (χ1) is 14.7. The van der Waals surface area contributed by atoms with Crippen LogP contribution in [0.4, 0.5) is 10.7 Å². The second kappa shape index (κ2) is 9.15. The number of rotatable bonds is 4. The maximum Gasteiger partial charge on any atom is 0.266 e. The summed E-state index contributed by atoms with van der Waals surface area (Å²) < 4.78 is 0. The average molecular weight is 417 g/mol. The zero-order valence-electron chi connectivity index (χ0n) is 16.9. The van der Waals surface area contributed by atoms with Gasteiger partial charge in [0.15, 0.2) is 0 Å². The van der Waals surface area contributed by atoms with Gasteiger partial charge in [0, 0.05) is 23.7 Å². The first kappa shape index (κ1) is 20.2. The van der Waals surface area contributed by atoms with Gasteiger partial charge in [-0.3, -0.25) is 4.79 Å². The smallest absolute Gasteiger partial charge is 0.266 e. The van der Waals surface area contributed by atoms with E-state index in [-0.39, 0.29) is 5.57 Å². The molecule has 152 valence electrons. The number of carbonyl (C=O) groups is 1. The Bertz CT molecular complexity index is 1050. The monoisotopic (exact) mass is 416 g/mol. The summed E-state index contributed by atoms with van der Waals surface area (Å²) in [6.45, 7) is 2.15. The van der Waals surface area contributed by atoms with Crippen LogP contribution in [0.2, 0.25) is 0 Å². The highest BCUT2D eigenvalue weighted by molar-refractivity contribution is 7.16. The summed E-state index contributed by atoms with van der Waals surface area (Å²) in [6, 6.07) is 12.2. The maximum atomic E-state index is 12.7. The van der Waals surface area contributed by atoms with Crippen LogP contribution in [0, 0.1) is 22.7 Å². The Labute approximate surface area is 181 Å². The van der Waals surface area contributed by atoms with E-state index in [1.54, 1.807) is 6.08 Å². The van der Waals surface area contributed by atoms with Gasteiger partial charge in [-0.15, -0.1) is 11.3 Å². The van der Waals surface area contributed by atoms with E-state index in [2.05, 4.69) is 16.3 Å². The highest BCUT2D eigenvalue weighted by Gasteiger charge is 2.22. The van der Waals surface area contributed by atoms with Gasteiger partial charge in [0.05, 0.1) is 5.56 Å². The standard InChI is InChI=1S/C24H24N4OS/c25-15-18(14-17-8-10-19(11-9-17)28-12-4-1-5-13-28)23(29)27-24-21(16-26)20-6-2-3-7-22(20)30-24/h8-11,14H,1-7,12-13H2,(H,27,29)/b18-14-. The zero-order chi connectivity index (χ0) is 20.9. The van der Waals surface area contributed by atoms with Crippen LogP contribution in [-0.4, -0.2) is 19.0 Å². The molecule has 2 aromatic rings. The molecule has 0 saturated carbocycles.